The van der Waals surface area contributed by atoms with E-state index < -0.39 is 17.7 Å². The fourth-order valence-electron chi connectivity index (χ4n) is 2.11. The molecule has 0 bridgehead atoms. The molecule has 8 nitrogen and oxygen atoms in total. The third kappa shape index (κ3) is 3.89. The summed E-state index contributed by atoms with van der Waals surface area (Å²) in [6, 6.07) is 10.6. The maximum atomic E-state index is 12.0. The van der Waals surface area contributed by atoms with E-state index in [1.807, 2.05) is 29.7 Å². The number of benzene rings is 1. The van der Waals surface area contributed by atoms with Crippen molar-refractivity contribution >= 4 is 39.3 Å². The van der Waals surface area contributed by atoms with Crippen molar-refractivity contribution in [3.8, 4) is 10.8 Å². The predicted octanol–water partition coefficient (Wildman–Crippen LogP) is 1.84. The molecule has 0 radical (unpaired) electrons. The van der Waals surface area contributed by atoms with E-state index >= 15 is 0 Å². The number of amides is 3. The van der Waals surface area contributed by atoms with E-state index in [0.29, 0.717) is 10.8 Å². The van der Waals surface area contributed by atoms with Crippen molar-refractivity contribution in [3.05, 3.63) is 42.2 Å². The Morgan fingerprint density at radius 1 is 1.04 bits per heavy atom. The van der Waals surface area contributed by atoms with Crippen molar-refractivity contribution in [1.29, 1.82) is 0 Å². The van der Waals surface area contributed by atoms with Gasteiger partial charge in [-0.15, -0.1) is 11.3 Å². The second-order valence-electron chi connectivity index (χ2n) is 5.69. The van der Waals surface area contributed by atoms with Crippen molar-refractivity contribution in [2.45, 2.75) is 19.9 Å². The molecule has 9 heteroatoms. The average molecular weight is 372 g/mol. The maximum absolute atomic E-state index is 12.0. The molecule has 134 valence electrons. The summed E-state index contributed by atoms with van der Waals surface area (Å²) in [6.07, 6.45) is 0. The Bertz CT molecular complexity index is 943. The second-order valence-corrected chi connectivity index (χ2v) is 6.72. The van der Waals surface area contributed by atoms with E-state index in [2.05, 4.69) is 15.7 Å². The fraction of sp³-hybridized carbons (Fsp3) is 0.176. The molecule has 0 saturated carbocycles. The normalized spacial score (nSPS) is 10.7. The molecular formula is C17H16N4O4S. The lowest BCUT2D eigenvalue weighted by Crippen LogP contribution is -2.49. The van der Waals surface area contributed by atoms with Crippen LogP contribution in [0.3, 0.4) is 0 Å². The van der Waals surface area contributed by atoms with Gasteiger partial charge in [-0.3, -0.25) is 25.2 Å². The number of para-hydroxylation sites is 1. The molecule has 26 heavy (non-hydrogen) atoms. The van der Waals surface area contributed by atoms with Crippen LogP contribution in [0.4, 0.5) is 0 Å². The van der Waals surface area contributed by atoms with E-state index in [4.69, 9.17) is 4.42 Å². The van der Waals surface area contributed by atoms with Gasteiger partial charge in [-0.25, -0.2) is 4.98 Å². The minimum Gasteiger partial charge on any atom is -0.448 e. The van der Waals surface area contributed by atoms with Gasteiger partial charge in [0.05, 0.1) is 10.2 Å². The SMILES string of the molecule is CC(C)NC(=O)C(=O)NNC(=O)c1ccc(-c2nc3ccccc3s2)o1. The van der Waals surface area contributed by atoms with E-state index in [0.717, 1.165) is 10.2 Å². The zero-order chi connectivity index (χ0) is 18.7. The van der Waals surface area contributed by atoms with Crippen LogP contribution in [-0.2, 0) is 9.59 Å². The minimum atomic E-state index is -0.968. The zero-order valence-electron chi connectivity index (χ0n) is 14.0. The molecule has 3 rings (SSSR count). The number of aromatic nitrogens is 1. The number of hydrazine groups is 1. The van der Waals surface area contributed by atoms with Crippen molar-refractivity contribution in [3.63, 3.8) is 0 Å². The topological polar surface area (TPSA) is 113 Å². The molecule has 3 N–H and O–H groups in total. The number of nitrogens with zero attached hydrogens (tertiary/aromatic N) is 1. The number of furan rings is 1. The van der Waals surface area contributed by atoms with Crippen LogP contribution in [0.2, 0.25) is 0 Å². The molecule has 2 heterocycles. The molecule has 0 atom stereocenters. The van der Waals surface area contributed by atoms with Crippen LogP contribution in [0.1, 0.15) is 24.4 Å². The van der Waals surface area contributed by atoms with Gasteiger partial charge in [-0.2, -0.15) is 0 Å². The number of carbonyl (C=O) groups excluding carboxylic acids is 3. The summed E-state index contributed by atoms with van der Waals surface area (Å²) in [5.74, 6) is -2.05. The van der Waals surface area contributed by atoms with E-state index in [9.17, 15) is 14.4 Å². The molecule has 0 saturated heterocycles. The first-order valence-electron chi connectivity index (χ1n) is 7.81. The van der Waals surface area contributed by atoms with Crippen molar-refractivity contribution < 1.29 is 18.8 Å². The third-order valence-electron chi connectivity index (χ3n) is 3.25. The minimum absolute atomic E-state index is 0.0103. The number of hydrogen-bond donors (Lipinski definition) is 3. The summed E-state index contributed by atoms with van der Waals surface area (Å²) < 4.78 is 6.51. The monoisotopic (exact) mass is 372 g/mol. The van der Waals surface area contributed by atoms with Crippen molar-refractivity contribution in [2.24, 2.45) is 0 Å². The number of fused-ring (bicyclic) bond motifs is 1. The highest BCUT2D eigenvalue weighted by atomic mass is 32.1. The molecule has 0 unspecified atom stereocenters. The quantitative estimate of drug-likeness (QED) is 0.480. The van der Waals surface area contributed by atoms with Gasteiger partial charge in [0.2, 0.25) is 0 Å². The first-order valence-corrected chi connectivity index (χ1v) is 8.62. The van der Waals surface area contributed by atoms with Crippen LogP contribution in [0.5, 0.6) is 0 Å². The lowest BCUT2D eigenvalue weighted by atomic mass is 10.3. The van der Waals surface area contributed by atoms with Gasteiger partial charge in [0.25, 0.3) is 0 Å². The van der Waals surface area contributed by atoms with Gasteiger partial charge in [0.15, 0.2) is 16.5 Å². The molecule has 0 aliphatic carbocycles. The highest BCUT2D eigenvalue weighted by Gasteiger charge is 2.18. The molecule has 1 aromatic carbocycles. The lowest BCUT2D eigenvalue weighted by molar-refractivity contribution is -0.139. The summed E-state index contributed by atoms with van der Waals surface area (Å²) in [5, 5.41) is 3.06. The van der Waals surface area contributed by atoms with E-state index in [-0.39, 0.29) is 11.8 Å². The van der Waals surface area contributed by atoms with Gasteiger partial charge in [-0.1, -0.05) is 12.1 Å². The molecular weight excluding hydrogens is 356 g/mol. The first-order chi connectivity index (χ1) is 12.4. The molecule has 3 amide bonds. The lowest BCUT2D eigenvalue weighted by Gasteiger charge is -2.08. The summed E-state index contributed by atoms with van der Waals surface area (Å²) >= 11 is 1.44. The number of carbonyl (C=O) groups is 3. The Morgan fingerprint density at radius 3 is 2.54 bits per heavy atom. The van der Waals surface area contributed by atoms with Crippen LogP contribution < -0.4 is 16.2 Å². The maximum Gasteiger partial charge on any atom is 0.327 e. The van der Waals surface area contributed by atoms with Crippen LogP contribution in [0.15, 0.2) is 40.8 Å². The summed E-state index contributed by atoms with van der Waals surface area (Å²) in [5.41, 5.74) is 5.01. The number of rotatable bonds is 3. The van der Waals surface area contributed by atoms with Crippen molar-refractivity contribution in [2.75, 3.05) is 0 Å². The Balaban J connectivity index is 1.64. The van der Waals surface area contributed by atoms with E-state index in [1.54, 1.807) is 19.9 Å². The molecule has 3 aromatic rings. The van der Waals surface area contributed by atoms with Gasteiger partial charge in [0, 0.05) is 6.04 Å². The largest absolute Gasteiger partial charge is 0.448 e. The van der Waals surface area contributed by atoms with Gasteiger partial charge in [-0.05, 0) is 38.1 Å². The summed E-state index contributed by atoms with van der Waals surface area (Å²) in [4.78, 5) is 39.5. The predicted molar refractivity (Wildman–Crippen MR) is 96.2 cm³/mol. The Labute approximate surface area is 152 Å². The number of thiazole rings is 1. The molecule has 0 aliphatic rings. The summed E-state index contributed by atoms with van der Waals surface area (Å²) in [7, 11) is 0. The Hall–Kier alpha value is -3.20. The van der Waals surface area contributed by atoms with Gasteiger partial charge in [0.1, 0.15) is 0 Å². The second kappa shape index (κ2) is 7.36. The summed E-state index contributed by atoms with van der Waals surface area (Å²) in [6.45, 7) is 3.44. The highest BCUT2D eigenvalue weighted by molar-refractivity contribution is 7.21. The van der Waals surface area contributed by atoms with E-state index in [1.165, 1.54) is 17.4 Å². The molecule has 0 aliphatic heterocycles. The fourth-order valence-corrected chi connectivity index (χ4v) is 3.04. The third-order valence-corrected chi connectivity index (χ3v) is 4.30. The van der Waals surface area contributed by atoms with Crippen LogP contribution >= 0.6 is 11.3 Å². The van der Waals surface area contributed by atoms with Gasteiger partial charge >= 0.3 is 17.7 Å². The Morgan fingerprint density at radius 2 is 1.81 bits per heavy atom. The van der Waals surface area contributed by atoms with Gasteiger partial charge < -0.3 is 9.73 Å². The average Bonchev–Trinajstić information content (AvgIpc) is 3.25. The first kappa shape index (κ1) is 17.6. The molecule has 2 aromatic heterocycles. The number of nitrogens with one attached hydrogen (secondary N) is 3. The zero-order valence-corrected chi connectivity index (χ0v) is 14.8. The highest BCUT2D eigenvalue weighted by Crippen LogP contribution is 2.30. The van der Waals surface area contributed by atoms with Crippen LogP contribution in [0.25, 0.3) is 21.0 Å². The van der Waals surface area contributed by atoms with Crippen molar-refractivity contribution in [1.82, 2.24) is 21.2 Å². The van der Waals surface area contributed by atoms with Crippen LogP contribution in [0, 0.1) is 0 Å². The molecule has 0 spiro atoms. The molecule has 0 fully saturated rings. The Kier molecular flexibility index (Phi) is 4.99. The van der Waals surface area contributed by atoms with Crippen LogP contribution in [-0.4, -0.2) is 28.7 Å². The number of hydrogen-bond acceptors (Lipinski definition) is 6. The smallest absolute Gasteiger partial charge is 0.327 e. The standard InChI is InChI=1S/C17H16N4O4S/c1-9(2)18-15(23)16(24)21-20-14(22)11-7-8-12(25-11)17-19-10-5-3-4-6-13(10)26-17/h3-9H,1-2H3,(H,18,23)(H,20,22)(H,21,24).